The van der Waals surface area contributed by atoms with E-state index in [4.69, 9.17) is 9.26 Å². The van der Waals surface area contributed by atoms with Crippen LogP contribution in [0.1, 0.15) is 32.1 Å². The number of ether oxygens (including phenoxy) is 1. The van der Waals surface area contributed by atoms with E-state index in [2.05, 4.69) is 22.0 Å². The Kier molecular flexibility index (Phi) is 4.20. The molecule has 1 aliphatic heterocycles. The van der Waals surface area contributed by atoms with Crippen LogP contribution in [0.5, 0.6) is 5.75 Å². The maximum Gasteiger partial charge on any atom is 0.241 e. The molecule has 1 aliphatic rings. The van der Waals surface area contributed by atoms with Gasteiger partial charge >= 0.3 is 0 Å². The normalized spacial score (nSPS) is 19.6. The van der Waals surface area contributed by atoms with Crippen LogP contribution in [0.15, 0.2) is 28.8 Å². The van der Waals surface area contributed by atoms with Crippen molar-refractivity contribution in [3.63, 3.8) is 0 Å². The van der Waals surface area contributed by atoms with Crippen molar-refractivity contribution in [1.82, 2.24) is 15.0 Å². The summed E-state index contributed by atoms with van der Waals surface area (Å²) in [5, 5.41) is 4.08. The van der Waals surface area contributed by atoms with Crippen molar-refractivity contribution in [1.29, 1.82) is 0 Å². The number of methoxy groups -OCH3 is 1. The zero-order chi connectivity index (χ0) is 14.7. The summed E-state index contributed by atoms with van der Waals surface area (Å²) >= 11 is 0. The van der Waals surface area contributed by atoms with Gasteiger partial charge in [-0.25, -0.2) is 0 Å². The number of hydrogen-bond acceptors (Lipinski definition) is 5. The molecule has 5 nitrogen and oxygen atoms in total. The Morgan fingerprint density at radius 2 is 2.29 bits per heavy atom. The van der Waals surface area contributed by atoms with Crippen LogP contribution in [-0.2, 0) is 6.54 Å². The second-order valence-electron chi connectivity index (χ2n) is 5.56. The summed E-state index contributed by atoms with van der Waals surface area (Å²) in [7, 11) is 1.65. The monoisotopic (exact) mass is 287 g/mol. The molecule has 1 saturated heterocycles. The standard InChI is InChI=1S/C16H21N3O2/c1-12-6-3-4-9-19(12)11-15-17-16(18-21-15)13-7-5-8-14(10-13)20-2/h5,7-8,10,12H,3-4,6,9,11H2,1-2H3. The van der Waals surface area contributed by atoms with Crippen molar-refractivity contribution in [2.45, 2.75) is 38.8 Å². The van der Waals surface area contributed by atoms with Crippen molar-refractivity contribution in [2.24, 2.45) is 0 Å². The molecular formula is C16H21N3O2. The second-order valence-corrected chi connectivity index (χ2v) is 5.56. The van der Waals surface area contributed by atoms with Crippen LogP contribution in [0, 0.1) is 0 Å². The van der Waals surface area contributed by atoms with E-state index in [0.29, 0.717) is 17.8 Å². The number of rotatable bonds is 4. The van der Waals surface area contributed by atoms with Crippen LogP contribution in [0.2, 0.25) is 0 Å². The summed E-state index contributed by atoms with van der Waals surface area (Å²) in [6, 6.07) is 8.29. The van der Waals surface area contributed by atoms with Crippen molar-refractivity contribution < 1.29 is 9.26 Å². The number of aromatic nitrogens is 2. The van der Waals surface area contributed by atoms with E-state index >= 15 is 0 Å². The van der Waals surface area contributed by atoms with E-state index in [0.717, 1.165) is 24.4 Å². The minimum Gasteiger partial charge on any atom is -0.497 e. The lowest BCUT2D eigenvalue weighted by Gasteiger charge is -2.31. The largest absolute Gasteiger partial charge is 0.497 e. The molecule has 1 unspecified atom stereocenters. The van der Waals surface area contributed by atoms with E-state index in [9.17, 15) is 0 Å². The third kappa shape index (κ3) is 3.24. The molecule has 21 heavy (non-hydrogen) atoms. The number of hydrogen-bond donors (Lipinski definition) is 0. The molecule has 2 heterocycles. The van der Waals surface area contributed by atoms with Gasteiger partial charge in [-0.2, -0.15) is 4.98 Å². The topological polar surface area (TPSA) is 51.4 Å². The van der Waals surface area contributed by atoms with Gasteiger partial charge < -0.3 is 9.26 Å². The molecule has 5 heteroatoms. The lowest BCUT2D eigenvalue weighted by Crippen LogP contribution is -2.36. The van der Waals surface area contributed by atoms with Crippen molar-refractivity contribution in [3.8, 4) is 17.1 Å². The van der Waals surface area contributed by atoms with Gasteiger partial charge in [0.15, 0.2) is 0 Å². The molecule has 1 aromatic carbocycles. The van der Waals surface area contributed by atoms with Crippen molar-refractivity contribution >= 4 is 0 Å². The van der Waals surface area contributed by atoms with Gasteiger partial charge in [0.1, 0.15) is 5.75 Å². The fourth-order valence-corrected chi connectivity index (χ4v) is 2.76. The quantitative estimate of drug-likeness (QED) is 0.864. The van der Waals surface area contributed by atoms with Crippen molar-refractivity contribution in [2.75, 3.05) is 13.7 Å². The van der Waals surface area contributed by atoms with E-state index < -0.39 is 0 Å². The Balaban J connectivity index is 1.73. The molecule has 0 amide bonds. The molecular weight excluding hydrogens is 266 g/mol. The molecule has 3 rings (SSSR count). The third-order valence-electron chi connectivity index (χ3n) is 4.07. The van der Waals surface area contributed by atoms with Crippen molar-refractivity contribution in [3.05, 3.63) is 30.2 Å². The van der Waals surface area contributed by atoms with Gasteiger partial charge in [0.25, 0.3) is 0 Å². The molecule has 0 saturated carbocycles. The van der Waals surface area contributed by atoms with Gasteiger partial charge in [-0.1, -0.05) is 23.7 Å². The predicted molar refractivity (Wildman–Crippen MR) is 80.0 cm³/mol. The van der Waals surface area contributed by atoms with Gasteiger partial charge in [0.05, 0.1) is 13.7 Å². The minimum atomic E-state index is 0.589. The van der Waals surface area contributed by atoms with Crippen LogP contribution in [0.3, 0.4) is 0 Å². The number of nitrogens with zero attached hydrogens (tertiary/aromatic N) is 3. The van der Waals surface area contributed by atoms with Crippen LogP contribution in [0.4, 0.5) is 0 Å². The molecule has 0 radical (unpaired) electrons. The highest BCUT2D eigenvalue weighted by atomic mass is 16.5. The molecule has 1 aromatic heterocycles. The Hall–Kier alpha value is -1.88. The smallest absolute Gasteiger partial charge is 0.241 e. The molecule has 1 atom stereocenters. The van der Waals surface area contributed by atoms with Gasteiger partial charge in [-0.15, -0.1) is 0 Å². The second kappa shape index (κ2) is 6.26. The minimum absolute atomic E-state index is 0.589. The fraction of sp³-hybridized carbons (Fsp3) is 0.500. The Labute approximate surface area is 124 Å². The lowest BCUT2D eigenvalue weighted by molar-refractivity contribution is 0.135. The van der Waals surface area contributed by atoms with E-state index in [1.54, 1.807) is 7.11 Å². The van der Waals surface area contributed by atoms with Gasteiger partial charge in [-0.3, -0.25) is 4.90 Å². The Morgan fingerprint density at radius 3 is 3.10 bits per heavy atom. The first kappa shape index (κ1) is 14.1. The molecule has 0 N–H and O–H groups in total. The van der Waals surface area contributed by atoms with Gasteiger partial charge in [0.2, 0.25) is 11.7 Å². The predicted octanol–water partition coefficient (Wildman–Crippen LogP) is 3.12. The summed E-state index contributed by atoms with van der Waals surface area (Å²) < 4.78 is 10.6. The zero-order valence-electron chi connectivity index (χ0n) is 12.6. The fourth-order valence-electron chi connectivity index (χ4n) is 2.76. The highest BCUT2D eigenvalue weighted by Crippen LogP contribution is 2.23. The molecule has 0 bridgehead atoms. The highest BCUT2D eigenvalue weighted by Gasteiger charge is 2.21. The zero-order valence-corrected chi connectivity index (χ0v) is 12.6. The Bertz CT molecular complexity index is 597. The maximum absolute atomic E-state index is 5.40. The summed E-state index contributed by atoms with van der Waals surface area (Å²) in [6.07, 6.45) is 3.81. The summed E-state index contributed by atoms with van der Waals surface area (Å²) in [5.74, 6) is 2.10. The van der Waals surface area contributed by atoms with Gasteiger partial charge in [-0.05, 0) is 38.4 Å². The maximum atomic E-state index is 5.40. The summed E-state index contributed by atoms with van der Waals surface area (Å²) in [4.78, 5) is 6.92. The lowest BCUT2D eigenvalue weighted by atomic mass is 10.0. The average molecular weight is 287 g/mol. The van der Waals surface area contributed by atoms with E-state index in [1.165, 1.54) is 19.3 Å². The van der Waals surface area contributed by atoms with Crippen LogP contribution >= 0.6 is 0 Å². The first-order valence-corrected chi connectivity index (χ1v) is 7.47. The number of likely N-dealkylation sites (tertiary alicyclic amines) is 1. The number of benzene rings is 1. The molecule has 2 aromatic rings. The average Bonchev–Trinajstić information content (AvgIpc) is 2.98. The number of piperidine rings is 1. The highest BCUT2D eigenvalue weighted by molar-refractivity contribution is 5.56. The molecule has 0 spiro atoms. The molecule has 112 valence electrons. The van der Waals surface area contributed by atoms with Crippen LogP contribution in [-0.4, -0.2) is 34.7 Å². The molecule has 1 fully saturated rings. The van der Waals surface area contributed by atoms with Crippen LogP contribution < -0.4 is 4.74 Å². The Morgan fingerprint density at radius 1 is 1.38 bits per heavy atom. The van der Waals surface area contributed by atoms with Gasteiger partial charge in [0, 0.05) is 11.6 Å². The summed E-state index contributed by atoms with van der Waals surface area (Å²) in [6.45, 7) is 4.11. The molecule has 0 aliphatic carbocycles. The first-order valence-electron chi connectivity index (χ1n) is 7.47. The summed E-state index contributed by atoms with van der Waals surface area (Å²) in [5.41, 5.74) is 0.913. The first-order chi connectivity index (χ1) is 10.3. The van der Waals surface area contributed by atoms with Crippen LogP contribution in [0.25, 0.3) is 11.4 Å². The SMILES string of the molecule is COc1cccc(-c2noc(CN3CCCCC3C)n2)c1. The third-order valence-corrected chi connectivity index (χ3v) is 4.07. The van der Waals surface area contributed by atoms with E-state index in [1.807, 2.05) is 24.3 Å². The van der Waals surface area contributed by atoms with E-state index in [-0.39, 0.29) is 0 Å².